The van der Waals surface area contributed by atoms with Gasteiger partial charge in [-0.05, 0) is 43.4 Å². The number of ether oxygens (including phenoxy) is 13. The number of carboxylic acids is 1. The van der Waals surface area contributed by atoms with Crippen molar-refractivity contribution in [2.24, 2.45) is 0 Å². The number of esters is 1. The van der Waals surface area contributed by atoms with Crippen LogP contribution in [0.5, 0.6) is 5.75 Å². The quantitative estimate of drug-likeness (QED) is 0.0656. The Morgan fingerprint density at radius 2 is 0.733 bits per heavy atom. The minimum atomic E-state index is -0.864. The van der Waals surface area contributed by atoms with Gasteiger partial charge in [0.05, 0.1) is 145 Å². The first-order valence-electron chi connectivity index (χ1n) is 22.1. The summed E-state index contributed by atoms with van der Waals surface area (Å²) in [5.41, 5.74) is 1.37. The summed E-state index contributed by atoms with van der Waals surface area (Å²) >= 11 is 0. The van der Waals surface area contributed by atoms with E-state index in [0.29, 0.717) is 158 Å². The maximum absolute atomic E-state index is 11.5. The Balaban J connectivity index is 1.67. The summed E-state index contributed by atoms with van der Waals surface area (Å²) in [5.74, 6) is -0.334. The standard InChI is InChI=1S/C44H78O16/c1-2-3-4-5-6-7-10-41-13-15-42(16-14-41)59-39-37-57-35-33-55-31-29-53-27-25-51-23-21-49-19-17-48-18-20-50-22-24-52-26-28-54-30-32-56-34-36-58-38-40-60-44(47)12-9-8-11-43(45)46/h13-16H,2-12,17-40H2,1H3,(H,45,46). The molecule has 0 saturated carbocycles. The van der Waals surface area contributed by atoms with Crippen molar-refractivity contribution in [1.29, 1.82) is 0 Å². The molecule has 350 valence electrons. The van der Waals surface area contributed by atoms with Crippen LogP contribution in [0.2, 0.25) is 0 Å². The SMILES string of the molecule is CCCCCCCCc1ccc(OCCOCCOCCOCCOCCOCCOCCOCCOCCOCCOCCOCCOC(=O)CCCCC(=O)O)cc1. The fourth-order valence-electron chi connectivity index (χ4n) is 5.21. The number of aryl methyl sites for hydroxylation is 1. The molecule has 0 aliphatic carbocycles. The second kappa shape index (κ2) is 46.0. The van der Waals surface area contributed by atoms with E-state index < -0.39 is 5.97 Å². The number of carbonyl (C=O) groups excluding carboxylic acids is 1. The second-order valence-corrected chi connectivity index (χ2v) is 13.6. The highest BCUT2D eigenvalue weighted by molar-refractivity contribution is 5.69. The molecular formula is C44H78O16. The van der Waals surface area contributed by atoms with Crippen LogP contribution in [0.1, 0.15) is 76.7 Å². The van der Waals surface area contributed by atoms with Crippen molar-refractivity contribution in [2.45, 2.75) is 77.6 Å². The zero-order valence-corrected chi connectivity index (χ0v) is 36.6. The molecule has 0 unspecified atom stereocenters. The molecule has 0 saturated heterocycles. The molecule has 0 aliphatic heterocycles. The molecule has 0 aliphatic rings. The van der Waals surface area contributed by atoms with Crippen LogP contribution in [0.15, 0.2) is 24.3 Å². The Bertz CT molecular complexity index is 1050. The van der Waals surface area contributed by atoms with Crippen molar-refractivity contribution in [3.05, 3.63) is 29.8 Å². The molecule has 0 aromatic heterocycles. The predicted octanol–water partition coefficient (Wildman–Crippen LogP) is 5.34. The second-order valence-electron chi connectivity index (χ2n) is 13.6. The largest absolute Gasteiger partial charge is 0.491 e. The average molecular weight is 863 g/mol. The summed E-state index contributed by atoms with van der Waals surface area (Å²) in [6.07, 6.45) is 10.3. The average Bonchev–Trinajstić information content (AvgIpc) is 3.25. The first-order valence-corrected chi connectivity index (χ1v) is 22.1. The topological polar surface area (TPSA) is 174 Å². The molecule has 16 heteroatoms. The van der Waals surface area contributed by atoms with E-state index in [2.05, 4.69) is 19.1 Å². The van der Waals surface area contributed by atoms with Gasteiger partial charge < -0.3 is 66.7 Å². The third-order valence-corrected chi connectivity index (χ3v) is 8.47. The van der Waals surface area contributed by atoms with E-state index in [9.17, 15) is 9.59 Å². The lowest BCUT2D eigenvalue weighted by molar-refractivity contribution is -0.146. The molecule has 0 spiro atoms. The van der Waals surface area contributed by atoms with E-state index in [0.717, 1.165) is 12.2 Å². The van der Waals surface area contributed by atoms with Gasteiger partial charge in [-0.3, -0.25) is 9.59 Å². The van der Waals surface area contributed by atoms with Crippen LogP contribution in [0, 0.1) is 0 Å². The summed E-state index contributed by atoms with van der Waals surface area (Å²) in [6.45, 7) is 13.3. The van der Waals surface area contributed by atoms with Crippen LogP contribution in [-0.4, -0.2) is 176 Å². The van der Waals surface area contributed by atoms with Crippen LogP contribution in [0.25, 0.3) is 0 Å². The summed E-state index contributed by atoms with van der Waals surface area (Å²) in [5, 5.41) is 8.57. The summed E-state index contributed by atoms with van der Waals surface area (Å²) in [6, 6.07) is 8.41. The number of hydrogen-bond donors (Lipinski definition) is 1. The highest BCUT2D eigenvalue weighted by Crippen LogP contribution is 2.15. The van der Waals surface area contributed by atoms with Crippen molar-refractivity contribution in [2.75, 3.05) is 159 Å². The zero-order valence-electron chi connectivity index (χ0n) is 36.6. The predicted molar refractivity (Wildman–Crippen MR) is 225 cm³/mol. The minimum Gasteiger partial charge on any atom is -0.491 e. The van der Waals surface area contributed by atoms with E-state index >= 15 is 0 Å². The van der Waals surface area contributed by atoms with Gasteiger partial charge in [0.15, 0.2) is 0 Å². The van der Waals surface area contributed by atoms with Gasteiger partial charge in [0.25, 0.3) is 0 Å². The monoisotopic (exact) mass is 863 g/mol. The highest BCUT2D eigenvalue weighted by Gasteiger charge is 2.04. The van der Waals surface area contributed by atoms with Gasteiger partial charge in [0.1, 0.15) is 19.0 Å². The van der Waals surface area contributed by atoms with E-state index in [-0.39, 0.29) is 32.0 Å². The van der Waals surface area contributed by atoms with E-state index in [4.69, 9.17) is 66.7 Å². The van der Waals surface area contributed by atoms with Crippen molar-refractivity contribution < 1.29 is 76.3 Å². The molecule has 0 heterocycles. The van der Waals surface area contributed by atoms with Gasteiger partial charge in [0.2, 0.25) is 0 Å². The smallest absolute Gasteiger partial charge is 0.305 e. The zero-order chi connectivity index (χ0) is 43.1. The fraction of sp³-hybridized carbons (Fsp3) is 0.818. The summed E-state index contributed by atoms with van der Waals surface area (Å²) in [4.78, 5) is 21.9. The van der Waals surface area contributed by atoms with Crippen molar-refractivity contribution in [3.63, 3.8) is 0 Å². The molecule has 16 nitrogen and oxygen atoms in total. The third kappa shape index (κ3) is 42.2. The summed E-state index contributed by atoms with van der Waals surface area (Å²) < 4.78 is 71.2. The van der Waals surface area contributed by atoms with Crippen molar-refractivity contribution in [1.82, 2.24) is 0 Å². The number of carbonyl (C=O) groups is 2. The Morgan fingerprint density at radius 3 is 1.12 bits per heavy atom. The molecular weight excluding hydrogens is 784 g/mol. The van der Waals surface area contributed by atoms with Crippen molar-refractivity contribution in [3.8, 4) is 5.75 Å². The lowest BCUT2D eigenvalue weighted by atomic mass is 10.0. The van der Waals surface area contributed by atoms with Crippen LogP contribution in [0.4, 0.5) is 0 Å². The van der Waals surface area contributed by atoms with Crippen LogP contribution in [0.3, 0.4) is 0 Å². The molecule has 0 fully saturated rings. The molecule has 1 N–H and O–H groups in total. The molecule has 0 atom stereocenters. The molecule has 0 radical (unpaired) electrons. The lowest BCUT2D eigenvalue weighted by Gasteiger charge is -2.09. The Kier molecular flexibility index (Phi) is 42.6. The van der Waals surface area contributed by atoms with Crippen LogP contribution < -0.4 is 4.74 Å². The maximum Gasteiger partial charge on any atom is 0.305 e. The minimum absolute atomic E-state index is 0.0584. The van der Waals surface area contributed by atoms with Crippen LogP contribution >= 0.6 is 0 Å². The first-order chi connectivity index (χ1) is 29.6. The molecule has 1 rings (SSSR count). The number of carboxylic acid groups (broad SMARTS) is 1. The van der Waals surface area contributed by atoms with Gasteiger partial charge in [0, 0.05) is 12.8 Å². The third-order valence-electron chi connectivity index (χ3n) is 8.47. The van der Waals surface area contributed by atoms with Crippen LogP contribution in [-0.2, 0) is 72.9 Å². The molecule has 0 amide bonds. The number of benzene rings is 1. The van der Waals surface area contributed by atoms with Gasteiger partial charge in [-0.15, -0.1) is 0 Å². The molecule has 1 aromatic carbocycles. The lowest BCUT2D eigenvalue weighted by Crippen LogP contribution is -2.16. The van der Waals surface area contributed by atoms with Crippen molar-refractivity contribution >= 4 is 11.9 Å². The van der Waals surface area contributed by atoms with Gasteiger partial charge in [-0.25, -0.2) is 0 Å². The van der Waals surface area contributed by atoms with E-state index in [1.807, 2.05) is 12.1 Å². The Hall–Kier alpha value is -2.48. The fourth-order valence-corrected chi connectivity index (χ4v) is 5.21. The molecule has 60 heavy (non-hydrogen) atoms. The Morgan fingerprint density at radius 1 is 0.400 bits per heavy atom. The Labute approximate surface area is 359 Å². The normalized spacial score (nSPS) is 11.3. The van der Waals surface area contributed by atoms with Gasteiger partial charge in [-0.1, -0.05) is 51.2 Å². The van der Waals surface area contributed by atoms with Gasteiger partial charge in [-0.2, -0.15) is 0 Å². The molecule has 1 aromatic rings. The van der Waals surface area contributed by atoms with E-state index in [1.54, 1.807) is 0 Å². The maximum atomic E-state index is 11.5. The van der Waals surface area contributed by atoms with E-state index in [1.165, 1.54) is 44.1 Å². The highest BCUT2D eigenvalue weighted by atomic mass is 16.6. The number of hydrogen-bond acceptors (Lipinski definition) is 15. The number of unbranched alkanes of at least 4 members (excludes halogenated alkanes) is 6. The number of aliphatic carboxylic acids is 1. The first kappa shape index (κ1) is 55.5. The molecule has 0 bridgehead atoms. The van der Waals surface area contributed by atoms with Gasteiger partial charge >= 0.3 is 11.9 Å². The number of rotatable bonds is 49. The summed E-state index contributed by atoms with van der Waals surface area (Å²) in [7, 11) is 0.